The predicted octanol–water partition coefficient (Wildman–Crippen LogP) is -2.08. The second kappa shape index (κ2) is 10.3. The number of hydrogen-bond donors (Lipinski definition) is 6. The molecule has 0 saturated carbocycles. The number of aliphatic hydroxyl groups is 6. The summed E-state index contributed by atoms with van der Waals surface area (Å²) in [5.41, 5.74) is 0.509. The highest BCUT2D eigenvalue weighted by atomic mass is 16.7. The monoisotopic (exact) mass is 441 g/mol. The molecule has 2 saturated heterocycles. The van der Waals surface area contributed by atoms with Crippen molar-refractivity contribution in [3.8, 4) is 6.07 Å². The quantitative estimate of drug-likeness (QED) is 0.285. The van der Waals surface area contributed by atoms with Gasteiger partial charge in [0, 0.05) is 0 Å². The topological polar surface area (TPSA) is 182 Å². The van der Waals surface area contributed by atoms with Crippen molar-refractivity contribution in [2.45, 2.75) is 74.4 Å². The Morgan fingerprint density at radius 2 is 1.48 bits per heavy atom. The van der Waals surface area contributed by atoms with Crippen LogP contribution < -0.4 is 0 Å². The summed E-state index contributed by atoms with van der Waals surface area (Å²) in [5.74, 6) is 0. The highest BCUT2D eigenvalue weighted by Gasteiger charge is 2.47. The fourth-order valence-corrected chi connectivity index (χ4v) is 3.45. The van der Waals surface area contributed by atoms with Gasteiger partial charge in [-0.25, -0.2) is 0 Å². The molecule has 172 valence electrons. The summed E-state index contributed by atoms with van der Waals surface area (Å²) in [5, 5.41) is 69.7. The van der Waals surface area contributed by atoms with Gasteiger partial charge in [0.2, 0.25) is 0 Å². The molecule has 31 heavy (non-hydrogen) atoms. The average Bonchev–Trinajstić information content (AvgIpc) is 2.78. The van der Waals surface area contributed by atoms with Gasteiger partial charge in [-0.15, -0.1) is 0 Å². The van der Waals surface area contributed by atoms with Gasteiger partial charge >= 0.3 is 0 Å². The van der Waals surface area contributed by atoms with Gasteiger partial charge in [-0.3, -0.25) is 0 Å². The Bertz CT molecular complexity index is 745. The lowest BCUT2D eigenvalue weighted by molar-refractivity contribution is -0.331. The molecule has 2 fully saturated rings. The molecule has 0 spiro atoms. The molecule has 2 aliphatic rings. The number of rotatable bonds is 6. The van der Waals surface area contributed by atoms with Crippen molar-refractivity contribution in [3.63, 3.8) is 0 Å². The molecule has 2 heterocycles. The van der Waals surface area contributed by atoms with Gasteiger partial charge in [-0.05, 0) is 12.5 Å². The van der Waals surface area contributed by atoms with E-state index in [4.69, 9.17) is 18.9 Å². The molecule has 1 aromatic rings. The van der Waals surface area contributed by atoms with Crippen LogP contribution in [0.1, 0.15) is 18.6 Å². The normalized spacial score (nSPS) is 42.0. The van der Waals surface area contributed by atoms with E-state index in [1.54, 1.807) is 30.3 Å². The average molecular weight is 441 g/mol. The van der Waals surface area contributed by atoms with E-state index in [9.17, 15) is 35.9 Å². The summed E-state index contributed by atoms with van der Waals surface area (Å²) in [6, 6.07) is 10.4. The molecule has 0 amide bonds. The molecule has 11 atom stereocenters. The van der Waals surface area contributed by atoms with E-state index in [1.165, 1.54) is 6.92 Å². The van der Waals surface area contributed by atoms with E-state index in [2.05, 4.69) is 0 Å². The smallest absolute Gasteiger partial charge is 0.188 e. The standard InChI is InChI=1S/C20H27NO10/c1-9-13(22)15(24)17(26)19(29-9)28-8-12-14(23)16(25)18(27)20(31-12)30-11(7-21)10-5-3-2-4-6-10/h2-6,9,11-20,22-27H,8H2,1H3/t9-,11?,12-,13-,14-,15+,16+,17-,18-,19-,20-/m1/s1. The van der Waals surface area contributed by atoms with Crippen LogP contribution in [0.25, 0.3) is 0 Å². The van der Waals surface area contributed by atoms with Gasteiger partial charge in [0.15, 0.2) is 18.7 Å². The molecule has 0 aromatic heterocycles. The fourth-order valence-electron chi connectivity index (χ4n) is 3.45. The minimum Gasteiger partial charge on any atom is -0.388 e. The lowest BCUT2D eigenvalue weighted by Gasteiger charge is -2.42. The molecule has 0 bridgehead atoms. The zero-order chi connectivity index (χ0) is 22.7. The van der Waals surface area contributed by atoms with Gasteiger partial charge in [0.1, 0.15) is 42.7 Å². The van der Waals surface area contributed by atoms with Crippen molar-refractivity contribution in [2.24, 2.45) is 0 Å². The highest BCUT2D eigenvalue weighted by Crippen LogP contribution is 2.28. The van der Waals surface area contributed by atoms with Crippen molar-refractivity contribution < 1.29 is 49.6 Å². The maximum absolute atomic E-state index is 10.2. The first-order chi connectivity index (χ1) is 14.7. The first kappa shape index (κ1) is 24.0. The maximum atomic E-state index is 10.2. The molecule has 0 aliphatic carbocycles. The van der Waals surface area contributed by atoms with E-state index in [0.717, 1.165) is 0 Å². The highest BCUT2D eigenvalue weighted by molar-refractivity contribution is 5.22. The second-order valence-electron chi connectivity index (χ2n) is 7.59. The predicted molar refractivity (Wildman–Crippen MR) is 101 cm³/mol. The molecule has 1 aromatic carbocycles. The third-order valence-electron chi connectivity index (χ3n) is 5.39. The number of nitriles is 1. The largest absolute Gasteiger partial charge is 0.388 e. The SMILES string of the molecule is C[C@H]1O[C@@H](OC[C@H]2O[C@@H](OC(C#N)c3ccccc3)[C@H](O)[C@@H](O)[C@@H]2O)[C@H](O)[C@@H](O)[C@@H]1O. The second-order valence-corrected chi connectivity index (χ2v) is 7.59. The van der Waals surface area contributed by atoms with Crippen LogP contribution in [-0.2, 0) is 18.9 Å². The summed E-state index contributed by atoms with van der Waals surface area (Å²) >= 11 is 0. The van der Waals surface area contributed by atoms with Crippen molar-refractivity contribution in [1.29, 1.82) is 5.26 Å². The number of hydrogen-bond acceptors (Lipinski definition) is 11. The maximum Gasteiger partial charge on any atom is 0.188 e. The van der Waals surface area contributed by atoms with E-state index < -0.39 is 74.1 Å². The Balaban J connectivity index is 1.65. The summed E-state index contributed by atoms with van der Waals surface area (Å²) in [6.07, 6.45) is -15.2. The van der Waals surface area contributed by atoms with Crippen molar-refractivity contribution in [2.75, 3.05) is 6.61 Å². The zero-order valence-electron chi connectivity index (χ0n) is 16.7. The summed E-state index contributed by atoms with van der Waals surface area (Å²) in [7, 11) is 0. The molecular formula is C20H27NO10. The Labute approximate surface area is 178 Å². The van der Waals surface area contributed by atoms with E-state index in [-0.39, 0.29) is 0 Å². The van der Waals surface area contributed by atoms with Crippen LogP contribution >= 0.6 is 0 Å². The van der Waals surface area contributed by atoms with Crippen molar-refractivity contribution >= 4 is 0 Å². The number of aliphatic hydroxyl groups excluding tert-OH is 6. The van der Waals surface area contributed by atoms with E-state index in [0.29, 0.717) is 5.56 Å². The molecular weight excluding hydrogens is 414 g/mol. The Kier molecular flexibility index (Phi) is 7.95. The lowest BCUT2D eigenvalue weighted by Crippen LogP contribution is -2.61. The Morgan fingerprint density at radius 3 is 2.13 bits per heavy atom. The molecule has 11 nitrogen and oxygen atoms in total. The van der Waals surface area contributed by atoms with Crippen LogP contribution in [0.4, 0.5) is 0 Å². The molecule has 1 unspecified atom stereocenters. The van der Waals surface area contributed by atoms with Gasteiger partial charge in [0.25, 0.3) is 0 Å². The minimum absolute atomic E-state index is 0.412. The van der Waals surface area contributed by atoms with E-state index in [1.807, 2.05) is 6.07 Å². The molecule has 11 heteroatoms. The third kappa shape index (κ3) is 5.21. The van der Waals surface area contributed by atoms with Gasteiger partial charge in [-0.1, -0.05) is 30.3 Å². The van der Waals surface area contributed by atoms with E-state index >= 15 is 0 Å². The lowest BCUT2D eigenvalue weighted by atomic mass is 9.98. The summed E-state index contributed by atoms with van der Waals surface area (Å²) in [4.78, 5) is 0. The molecule has 6 N–H and O–H groups in total. The van der Waals surface area contributed by atoms with Gasteiger partial charge < -0.3 is 49.6 Å². The van der Waals surface area contributed by atoms with Crippen molar-refractivity contribution in [3.05, 3.63) is 35.9 Å². The Hall–Kier alpha value is -1.69. The summed E-state index contributed by atoms with van der Waals surface area (Å²) in [6.45, 7) is 1.07. The first-order valence-electron chi connectivity index (χ1n) is 9.85. The molecule has 0 radical (unpaired) electrons. The fraction of sp³-hybridized carbons (Fsp3) is 0.650. The molecule has 3 rings (SSSR count). The summed E-state index contributed by atoms with van der Waals surface area (Å²) < 4.78 is 21.8. The van der Waals surface area contributed by atoms with Crippen LogP contribution in [0.15, 0.2) is 30.3 Å². The molecule has 2 aliphatic heterocycles. The minimum atomic E-state index is -1.66. The third-order valence-corrected chi connectivity index (χ3v) is 5.39. The van der Waals surface area contributed by atoms with Crippen LogP contribution in [0.3, 0.4) is 0 Å². The Morgan fingerprint density at radius 1 is 0.871 bits per heavy atom. The van der Waals surface area contributed by atoms with Crippen molar-refractivity contribution in [1.82, 2.24) is 0 Å². The van der Waals surface area contributed by atoms with Gasteiger partial charge in [0.05, 0.1) is 18.8 Å². The zero-order valence-corrected chi connectivity index (χ0v) is 16.7. The number of benzene rings is 1. The van der Waals surface area contributed by atoms with Crippen LogP contribution in [0, 0.1) is 11.3 Å². The van der Waals surface area contributed by atoms with Crippen LogP contribution in [-0.4, -0.2) is 98.7 Å². The van der Waals surface area contributed by atoms with Crippen LogP contribution in [0.5, 0.6) is 0 Å². The number of ether oxygens (including phenoxy) is 4. The van der Waals surface area contributed by atoms with Crippen LogP contribution in [0.2, 0.25) is 0 Å². The first-order valence-corrected chi connectivity index (χ1v) is 9.85. The van der Waals surface area contributed by atoms with Gasteiger partial charge in [-0.2, -0.15) is 5.26 Å². The number of nitrogens with zero attached hydrogens (tertiary/aromatic N) is 1.